The van der Waals surface area contributed by atoms with Gasteiger partial charge in [-0.15, -0.1) is 11.8 Å². The highest BCUT2D eigenvalue weighted by Gasteiger charge is 2.03. The Bertz CT molecular complexity index is 531. The molecular weight excluding hydrogens is 303 g/mol. The molecule has 1 N–H and O–H groups in total. The van der Waals surface area contributed by atoms with Crippen molar-refractivity contribution in [2.24, 2.45) is 0 Å². The lowest BCUT2D eigenvalue weighted by molar-refractivity contribution is 0.474. The van der Waals surface area contributed by atoms with Crippen molar-refractivity contribution in [1.29, 1.82) is 0 Å². The molecule has 0 aliphatic rings. The molecule has 0 spiro atoms. The summed E-state index contributed by atoms with van der Waals surface area (Å²) in [5.74, 6) is 0.737. The molecule has 4 heteroatoms. The van der Waals surface area contributed by atoms with E-state index < -0.39 is 0 Å². The minimum atomic E-state index is -0.247. The van der Waals surface area contributed by atoms with Crippen LogP contribution in [-0.2, 0) is 5.75 Å². The fourth-order valence-corrected chi connectivity index (χ4v) is 3.00. The summed E-state index contributed by atoms with van der Waals surface area (Å²) in [6, 6.07) is 11.7. The van der Waals surface area contributed by atoms with Crippen molar-refractivity contribution in [2.45, 2.75) is 10.6 Å². The van der Waals surface area contributed by atoms with Gasteiger partial charge in [-0.3, -0.25) is 0 Å². The van der Waals surface area contributed by atoms with Crippen LogP contribution in [0.1, 0.15) is 5.56 Å². The molecule has 0 aromatic heterocycles. The van der Waals surface area contributed by atoms with E-state index in [1.54, 1.807) is 36.0 Å². The van der Waals surface area contributed by atoms with Crippen LogP contribution in [0.3, 0.4) is 0 Å². The number of aromatic hydroxyl groups is 1. The van der Waals surface area contributed by atoms with Crippen LogP contribution >= 0.6 is 27.7 Å². The molecule has 0 bridgehead atoms. The second kappa shape index (κ2) is 5.56. The molecule has 0 amide bonds. The molecule has 0 unspecified atom stereocenters. The fraction of sp³-hybridized carbons (Fsp3) is 0.0769. The van der Waals surface area contributed by atoms with E-state index >= 15 is 0 Å². The Hall–Kier alpha value is -1.00. The van der Waals surface area contributed by atoms with Gasteiger partial charge in [0.25, 0.3) is 0 Å². The molecular formula is C13H10BrFOS. The average molecular weight is 313 g/mol. The molecule has 2 rings (SSSR count). The number of hydrogen-bond donors (Lipinski definition) is 1. The molecule has 0 aliphatic heterocycles. The number of hydrogen-bond acceptors (Lipinski definition) is 2. The Balaban J connectivity index is 2.07. The largest absolute Gasteiger partial charge is 0.508 e. The van der Waals surface area contributed by atoms with E-state index in [0.717, 1.165) is 20.7 Å². The number of benzene rings is 2. The van der Waals surface area contributed by atoms with Crippen molar-refractivity contribution in [1.82, 2.24) is 0 Å². The van der Waals surface area contributed by atoms with E-state index in [9.17, 15) is 9.50 Å². The van der Waals surface area contributed by atoms with Gasteiger partial charge < -0.3 is 5.11 Å². The Morgan fingerprint density at radius 1 is 1.18 bits per heavy atom. The number of rotatable bonds is 3. The molecule has 0 aliphatic carbocycles. The molecule has 2 aromatic carbocycles. The summed E-state index contributed by atoms with van der Waals surface area (Å²) >= 11 is 4.93. The van der Waals surface area contributed by atoms with Crippen LogP contribution in [0, 0.1) is 5.82 Å². The van der Waals surface area contributed by atoms with Gasteiger partial charge in [-0.2, -0.15) is 0 Å². The van der Waals surface area contributed by atoms with Crippen LogP contribution in [0.4, 0.5) is 4.39 Å². The molecule has 0 radical (unpaired) electrons. The van der Waals surface area contributed by atoms with Crippen molar-refractivity contribution < 1.29 is 9.50 Å². The fourth-order valence-electron chi connectivity index (χ4n) is 1.37. The number of halogens is 2. The first kappa shape index (κ1) is 12.5. The Labute approximate surface area is 112 Å². The van der Waals surface area contributed by atoms with Gasteiger partial charge in [0.2, 0.25) is 0 Å². The van der Waals surface area contributed by atoms with Crippen molar-refractivity contribution in [2.75, 3.05) is 0 Å². The normalized spacial score (nSPS) is 10.5. The summed E-state index contributed by atoms with van der Waals surface area (Å²) in [7, 11) is 0. The molecule has 0 saturated carbocycles. The molecule has 17 heavy (non-hydrogen) atoms. The molecule has 0 heterocycles. The molecule has 88 valence electrons. The van der Waals surface area contributed by atoms with Crippen molar-refractivity contribution in [3.63, 3.8) is 0 Å². The maximum absolute atomic E-state index is 12.9. The van der Waals surface area contributed by atoms with Gasteiger partial charge in [-0.25, -0.2) is 4.39 Å². The molecule has 0 saturated heterocycles. The van der Waals surface area contributed by atoms with E-state index in [1.807, 2.05) is 6.07 Å². The maximum atomic E-state index is 12.9. The van der Waals surface area contributed by atoms with E-state index in [-0.39, 0.29) is 11.6 Å². The summed E-state index contributed by atoms with van der Waals surface area (Å²) in [4.78, 5) is 0.987. The van der Waals surface area contributed by atoms with Gasteiger partial charge >= 0.3 is 0 Å². The first-order valence-corrected chi connectivity index (χ1v) is 6.79. The van der Waals surface area contributed by atoms with Crippen LogP contribution in [0.2, 0.25) is 0 Å². The zero-order valence-electron chi connectivity index (χ0n) is 8.86. The number of phenols is 1. The lowest BCUT2D eigenvalue weighted by Gasteiger charge is -2.05. The van der Waals surface area contributed by atoms with Crippen LogP contribution < -0.4 is 0 Å². The van der Waals surface area contributed by atoms with E-state index in [1.165, 1.54) is 12.1 Å². The summed E-state index contributed by atoms with van der Waals surface area (Å²) in [5.41, 5.74) is 1.03. The Morgan fingerprint density at radius 2 is 2.00 bits per heavy atom. The Morgan fingerprint density at radius 3 is 2.71 bits per heavy atom. The highest BCUT2D eigenvalue weighted by Crippen LogP contribution is 2.28. The highest BCUT2D eigenvalue weighted by molar-refractivity contribution is 9.10. The number of thioether (sulfide) groups is 1. The van der Waals surface area contributed by atoms with Gasteiger partial charge in [-0.1, -0.05) is 28.1 Å². The van der Waals surface area contributed by atoms with Crippen molar-refractivity contribution in [3.8, 4) is 5.75 Å². The lowest BCUT2D eigenvalue weighted by atomic mass is 10.2. The molecule has 0 fully saturated rings. The van der Waals surface area contributed by atoms with Crippen molar-refractivity contribution >= 4 is 27.7 Å². The Kier molecular flexibility index (Phi) is 4.07. The van der Waals surface area contributed by atoms with Crippen LogP contribution in [-0.4, -0.2) is 5.11 Å². The van der Waals surface area contributed by atoms with E-state index in [4.69, 9.17) is 0 Å². The van der Waals surface area contributed by atoms with E-state index in [0.29, 0.717) is 0 Å². The third-order valence-electron chi connectivity index (χ3n) is 2.23. The SMILES string of the molecule is Oc1cccc(SCc2ccc(F)cc2Br)c1. The zero-order valence-corrected chi connectivity index (χ0v) is 11.3. The molecule has 1 nitrogen and oxygen atoms in total. The molecule has 2 aromatic rings. The lowest BCUT2D eigenvalue weighted by Crippen LogP contribution is -1.84. The topological polar surface area (TPSA) is 20.2 Å². The maximum Gasteiger partial charge on any atom is 0.124 e. The van der Waals surface area contributed by atoms with Gasteiger partial charge in [0.15, 0.2) is 0 Å². The third-order valence-corrected chi connectivity index (χ3v) is 4.01. The van der Waals surface area contributed by atoms with Crippen LogP contribution in [0.25, 0.3) is 0 Å². The van der Waals surface area contributed by atoms with Gasteiger partial charge in [0, 0.05) is 15.1 Å². The molecule has 0 atom stereocenters. The quantitative estimate of drug-likeness (QED) is 0.837. The second-order valence-electron chi connectivity index (χ2n) is 3.52. The average Bonchev–Trinajstić information content (AvgIpc) is 2.28. The summed E-state index contributed by atoms with van der Waals surface area (Å²) < 4.78 is 13.7. The van der Waals surface area contributed by atoms with Crippen molar-refractivity contribution in [3.05, 3.63) is 58.3 Å². The smallest absolute Gasteiger partial charge is 0.124 e. The van der Waals surface area contributed by atoms with Gasteiger partial charge in [-0.05, 0) is 35.9 Å². The second-order valence-corrected chi connectivity index (χ2v) is 5.42. The minimum absolute atomic E-state index is 0.247. The predicted octanol–water partition coefficient (Wildman–Crippen LogP) is 4.59. The first-order valence-electron chi connectivity index (χ1n) is 5.01. The van der Waals surface area contributed by atoms with Gasteiger partial charge in [0.05, 0.1) is 0 Å². The number of phenolic OH excluding ortho intramolecular Hbond substituents is 1. The van der Waals surface area contributed by atoms with Crippen LogP contribution in [0.15, 0.2) is 51.8 Å². The summed E-state index contributed by atoms with van der Waals surface area (Å²) in [6.07, 6.45) is 0. The van der Waals surface area contributed by atoms with Crippen LogP contribution in [0.5, 0.6) is 5.75 Å². The van der Waals surface area contributed by atoms with Gasteiger partial charge in [0.1, 0.15) is 11.6 Å². The summed E-state index contributed by atoms with van der Waals surface area (Å²) in [5, 5.41) is 9.33. The monoisotopic (exact) mass is 312 g/mol. The zero-order chi connectivity index (χ0) is 12.3. The standard InChI is InChI=1S/C13H10BrFOS/c14-13-6-10(15)5-4-9(13)8-17-12-3-1-2-11(16)7-12/h1-7,16H,8H2. The minimum Gasteiger partial charge on any atom is -0.508 e. The third kappa shape index (κ3) is 3.48. The van der Waals surface area contributed by atoms with E-state index in [2.05, 4.69) is 15.9 Å². The highest BCUT2D eigenvalue weighted by atomic mass is 79.9. The first-order chi connectivity index (χ1) is 8.15. The summed E-state index contributed by atoms with van der Waals surface area (Å²) in [6.45, 7) is 0. The predicted molar refractivity (Wildman–Crippen MR) is 71.8 cm³/mol.